The first-order valence-corrected chi connectivity index (χ1v) is 13.4. The number of ether oxygens (including phenoxy) is 1. The Bertz CT molecular complexity index is 1240. The third kappa shape index (κ3) is 4.10. The SMILES string of the molecule is C[C@@H](Oc1ccc2c(c1)c(-c1cnc(F)c(F)c1)nn2PI)c1c(Cl)cncc1Cl. The molecule has 0 fully saturated rings. The summed E-state index contributed by atoms with van der Waals surface area (Å²) in [5.41, 5.74) is 2.32. The molecule has 0 saturated carbocycles. The van der Waals surface area contributed by atoms with Crippen LogP contribution in [0.5, 0.6) is 5.75 Å². The lowest BCUT2D eigenvalue weighted by Gasteiger charge is -2.17. The monoisotopic (exact) mass is 578 g/mol. The topological polar surface area (TPSA) is 52.8 Å². The van der Waals surface area contributed by atoms with Crippen molar-refractivity contribution in [3.63, 3.8) is 0 Å². The van der Waals surface area contributed by atoms with Gasteiger partial charge in [0.2, 0.25) is 5.95 Å². The highest BCUT2D eigenvalue weighted by atomic mass is 127. The number of halogens is 5. The van der Waals surface area contributed by atoms with Crippen molar-refractivity contribution in [2.45, 2.75) is 13.0 Å². The Kier molecular flexibility index (Phi) is 6.39. The molecule has 0 amide bonds. The van der Waals surface area contributed by atoms with Crippen molar-refractivity contribution in [1.82, 2.24) is 19.5 Å². The molecular weight excluding hydrogens is 567 g/mol. The molecule has 3 heterocycles. The Labute approximate surface area is 195 Å². The Hall–Kier alpha value is -1.61. The van der Waals surface area contributed by atoms with E-state index >= 15 is 0 Å². The fraction of sp³-hybridized carbons (Fsp3) is 0.105. The van der Waals surface area contributed by atoms with E-state index in [1.807, 2.05) is 19.1 Å². The molecule has 0 radical (unpaired) electrons. The van der Waals surface area contributed by atoms with Crippen molar-refractivity contribution in [3.8, 4) is 17.0 Å². The van der Waals surface area contributed by atoms with E-state index in [4.69, 9.17) is 27.9 Å². The number of hydrogen-bond acceptors (Lipinski definition) is 4. The first-order valence-electron chi connectivity index (χ1n) is 8.55. The van der Waals surface area contributed by atoms with Crippen LogP contribution in [0.2, 0.25) is 10.0 Å². The quantitative estimate of drug-likeness (QED) is 0.145. The van der Waals surface area contributed by atoms with E-state index in [9.17, 15) is 8.78 Å². The van der Waals surface area contributed by atoms with Gasteiger partial charge in [-0.15, -0.1) is 0 Å². The zero-order chi connectivity index (χ0) is 21.4. The van der Waals surface area contributed by atoms with Crippen LogP contribution in [0, 0.1) is 11.8 Å². The van der Waals surface area contributed by atoms with Crippen LogP contribution in [0.4, 0.5) is 8.78 Å². The number of hydrogen-bond donors (Lipinski definition) is 0. The lowest BCUT2D eigenvalue weighted by atomic mass is 10.1. The summed E-state index contributed by atoms with van der Waals surface area (Å²) in [6, 6.07) is 6.55. The van der Waals surface area contributed by atoms with E-state index in [0.29, 0.717) is 39.0 Å². The van der Waals surface area contributed by atoms with Crippen molar-refractivity contribution in [1.29, 1.82) is 0 Å². The Balaban J connectivity index is 1.77. The molecule has 0 spiro atoms. The minimum atomic E-state index is -1.15. The average Bonchev–Trinajstić information content (AvgIpc) is 3.08. The molecular formula is C19H12Cl2F2IN4OP. The second-order valence-corrected chi connectivity index (χ2v) is 9.15. The predicted molar refractivity (Wildman–Crippen MR) is 124 cm³/mol. The summed E-state index contributed by atoms with van der Waals surface area (Å²) in [5, 5.41) is 6.08. The summed E-state index contributed by atoms with van der Waals surface area (Å²) >= 11 is 14.7. The number of fused-ring (bicyclic) bond motifs is 1. The highest BCUT2D eigenvalue weighted by Gasteiger charge is 2.19. The smallest absolute Gasteiger partial charge is 0.248 e. The molecule has 5 nitrogen and oxygen atoms in total. The fourth-order valence-corrected chi connectivity index (χ4v) is 5.27. The largest absolute Gasteiger partial charge is 0.486 e. The molecule has 2 atom stereocenters. The van der Waals surface area contributed by atoms with Crippen molar-refractivity contribution in [3.05, 3.63) is 70.2 Å². The molecule has 11 heteroatoms. The van der Waals surface area contributed by atoms with E-state index in [-0.39, 0.29) is 0 Å². The normalized spacial score (nSPS) is 12.7. The number of rotatable bonds is 5. The Morgan fingerprint density at radius 2 is 1.87 bits per heavy atom. The molecule has 0 bridgehead atoms. The summed E-state index contributed by atoms with van der Waals surface area (Å²) in [4.78, 5) is 7.42. The molecule has 4 aromatic rings. The molecule has 0 aliphatic rings. The number of benzene rings is 1. The third-order valence-corrected chi connectivity index (χ3v) is 6.89. The van der Waals surface area contributed by atoms with E-state index in [0.717, 1.165) is 17.0 Å². The molecule has 0 aliphatic heterocycles. The van der Waals surface area contributed by atoms with E-state index in [1.54, 1.807) is 10.5 Å². The van der Waals surface area contributed by atoms with Crippen LogP contribution in [0.3, 0.4) is 0 Å². The van der Waals surface area contributed by atoms with Gasteiger partial charge in [0, 0.05) is 35.1 Å². The lowest BCUT2D eigenvalue weighted by Crippen LogP contribution is -2.05. The van der Waals surface area contributed by atoms with Gasteiger partial charge in [0.05, 0.1) is 21.9 Å². The molecule has 0 saturated heterocycles. The van der Waals surface area contributed by atoms with E-state index in [1.165, 1.54) is 18.6 Å². The van der Waals surface area contributed by atoms with Gasteiger partial charge in [0.1, 0.15) is 17.5 Å². The van der Waals surface area contributed by atoms with E-state index < -0.39 is 17.9 Å². The molecule has 4 rings (SSSR count). The molecule has 0 aliphatic carbocycles. The lowest BCUT2D eigenvalue weighted by molar-refractivity contribution is 0.227. The maximum absolute atomic E-state index is 13.7. The second-order valence-electron chi connectivity index (χ2n) is 6.30. The van der Waals surface area contributed by atoms with Crippen molar-refractivity contribution in [2.24, 2.45) is 0 Å². The van der Waals surface area contributed by atoms with Crippen LogP contribution in [0.15, 0.2) is 42.9 Å². The Morgan fingerprint density at radius 1 is 1.13 bits per heavy atom. The third-order valence-electron chi connectivity index (χ3n) is 4.41. The van der Waals surface area contributed by atoms with Crippen LogP contribution in [0.1, 0.15) is 18.6 Å². The van der Waals surface area contributed by atoms with Gasteiger partial charge in [-0.05, 0) is 53.2 Å². The Morgan fingerprint density at radius 3 is 2.53 bits per heavy atom. The van der Waals surface area contributed by atoms with Gasteiger partial charge < -0.3 is 4.74 Å². The summed E-state index contributed by atoms with van der Waals surface area (Å²) in [7, 11) is 0. The van der Waals surface area contributed by atoms with Crippen LogP contribution in [0.25, 0.3) is 22.2 Å². The zero-order valence-electron chi connectivity index (χ0n) is 15.2. The van der Waals surface area contributed by atoms with Crippen LogP contribution in [-0.4, -0.2) is 19.5 Å². The minimum absolute atomic E-state index is 0.316. The molecule has 30 heavy (non-hydrogen) atoms. The first-order chi connectivity index (χ1) is 14.4. The predicted octanol–water partition coefficient (Wildman–Crippen LogP) is 7.01. The first kappa shape index (κ1) is 21.6. The van der Waals surface area contributed by atoms with Gasteiger partial charge >= 0.3 is 0 Å². The highest BCUT2D eigenvalue weighted by Crippen LogP contribution is 2.38. The summed E-state index contributed by atoms with van der Waals surface area (Å²) < 4.78 is 34.9. The van der Waals surface area contributed by atoms with Gasteiger partial charge in [-0.3, -0.25) is 4.98 Å². The summed E-state index contributed by atoms with van der Waals surface area (Å²) in [6.45, 7) is 1.83. The number of pyridine rings is 2. The summed E-state index contributed by atoms with van der Waals surface area (Å²) in [6.07, 6.45) is 4.14. The standard InChI is InChI=1S/C19H12Cl2F2IN4OP/c1-9(17-13(20)7-25-8-14(17)21)29-11-2-3-16-12(5-11)18(27-28(16)30-24)10-4-15(22)19(23)26-6-10/h2-9,30H,1H3/t9-/m1/s1. The molecule has 3 aromatic heterocycles. The van der Waals surface area contributed by atoms with Crippen molar-refractivity contribution in [2.75, 3.05) is 0 Å². The summed E-state index contributed by atoms with van der Waals surface area (Å²) in [5.74, 6) is -1.63. The van der Waals surface area contributed by atoms with Crippen LogP contribution >= 0.6 is 51.6 Å². The molecule has 0 N–H and O–H groups in total. The van der Waals surface area contributed by atoms with Gasteiger partial charge in [-0.2, -0.15) is 9.49 Å². The van der Waals surface area contributed by atoms with Gasteiger partial charge in [-0.1, -0.05) is 23.2 Å². The number of nitrogens with zero attached hydrogens (tertiary/aromatic N) is 4. The zero-order valence-corrected chi connectivity index (χ0v) is 19.9. The van der Waals surface area contributed by atoms with Crippen LogP contribution in [-0.2, 0) is 0 Å². The van der Waals surface area contributed by atoms with Gasteiger partial charge in [0.25, 0.3) is 0 Å². The minimum Gasteiger partial charge on any atom is -0.486 e. The fourth-order valence-electron chi connectivity index (χ4n) is 3.07. The van der Waals surface area contributed by atoms with Gasteiger partial charge in [-0.25, -0.2) is 13.8 Å². The van der Waals surface area contributed by atoms with Crippen LogP contribution < -0.4 is 4.74 Å². The van der Waals surface area contributed by atoms with E-state index in [2.05, 4.69) is 37.1 Å². The molecule has 1 unspecified atom stereocenters. The maximum Gasteiger partial charge on any atom is 0.248 e. The molecule has 1 aromatic carbocycles. The van der Waals surface area contributed by atoms with Crippen molar-refractivity contribution < 1.29 is 13.5 Å². The number of aromatic nitrogens is 4. The maximum atomic E-state index is 13.7. The van der Waals surface area contributed by atoms with Gasteiger partial charge in [0.15, 0.2) is 5.82 Å². The average molecular weight is 579 g/mol. The second kappa shape index (κ2) is 8.86. The van der Waals surface area contributed by atoms with Crippen molar-refractivity contribution >= 4 is 62.5 Å². The molecule has 154 valence electrons. The highest BCUT2D eigenvalue weighted by molar-refractivity contribution is 14.2.